The van der Waals surface area contributed by atoms with Crippen molar-refractivity contribution in [1.82, 2.24) is 5.32 Å². The van der Waals surface area contributed by atoms with Crippen LogP contribution in [0.15, 0.2) is 48.5 Å². The van der Waals surface area contributed by atoms with E-state index in [9.17, 15) is 22.8 Å². The standard InChI is InChI=1S/C18H18F3N3O2/c1-24(2)15-8-6-13(7-9-15)16(25)22-11-12-4-3-5-14(10-12)23-17(26)18(19,20)21/h3-10H,11H2,1-2H3,(H,22,25)(H,23,26). The van der Waals surface area contributed by atoms with E-state index in [1.165, 1.54) is 18.2 Å². The third-order valence-corrected chi connectivity index (χ3v) is 3.54. The van der Waals surface area contributed by atoms with Crippen LogP contribution in [0.25, 0.3) is 0 Å². The van der Waals surface area contributed by atoms with Gasteiger partial charge in [0.05, 0.1) is 0 Å². The van der Waals surface area contributed by atoms with Gasteiger partial charge in [-0.15, -0.1) is 0 Å². The van der Waals surface area contributed by atoms with Crippen molar-refractivity contribution in [2.24, 2.45) is 0 Å². The molecule has 5 nitrogen and oxygen atoms in total. The molecule has 2 aromatic rings. The van der Waals surface area contributed by atoms with Crippen molar-refractivity contribution in [2.45, 2.75) is 12.7 Å². The van der Waals surface area contributed by atoms with Crippen molar-refractivity contribution in [3.05, 3.63) is 59.7 Å². The monoisotopic (exact) mass is 365 g/mol. The first kappa shape index (κ1) is 19.3. The van der Waals surface area contributed by atoms with E-state index >= 15 is 0 Å². The summed E-state index contributed by atoms with van der Waals surface area (Å²) in [5.41, 5.74) is 1.99. The predicted octanol–water partition coefficient (Wildman–Crippen LogP) is 3.18. The number of anilines is 2. The number of carbonyl (C=O) groups excluding carboxylic acids is 2. The van der Waals surface area contributed by atoms with Gasteiger partial charge in [0.1, 0.15) is 0 Å². The van der Waals surface area contributed by atoms with Crippen LogP contribution in [0.1, 0.15) is 15.9 Å². The summed E-state index contributed by atoms with van der Waals surface area (Å²) in [5.74, 6) is -2.35. The Morgan fingerprint density at radius 2 is 1.69 bits per heavy atom. The van der Waals surface area contributed by atoms with Crippen molar-refractivity contribution in [2.75, 3.05) is 24.3 Å². The van der Waals surface area contributed by atoms with Crippen LogP contribution in [0.5, 0.6) is 0 Å². The fraction of sp³-hybridized carbons (Fsp3) is 0.222. The fourth-order valence-corrected chi connectivity index (χ4v) is 2.16. The zero-order chi connectivity index (χ0) is 19.3. The lowest BCUT2D eigenvalue weighted by atomic mass is 10.1. The van der Waals surface area contributed by atoms with E-state index in [1.54, 1.807) is 23.5 Å². The third-order valence-electron chi connectivity index (χ3n) is 3.54. The summed E-state index contributed by atoms with van der Waals surface area (Å²) in [4.78, 5) is 25.0. The topological polar surface area (TPSA) is 61.4 Å². The molecule has 0 fully saturated rings. The van der Waals surface area contributed by atoms with Crippen LogP contribution in [0.2, 0.25) is 0 Å². The Bertz CT molecular complexity index is 787. The van der Waals surface area contributed by atoms with Crippen LogP contribution in [0, 0.1) is 0 Å². The van der Waals surface area contributed by atoms with Gasteiger partial charge >= 0.3 is 12.1 Å². The smallest absolute Gasteiger partial charge is 0.378 e. The molecule has 0 radical (unpaired) electrons. The molecule has 0 aliphatic carbocycles. The largest absolute Gasteiger partial charge is 0.471 e. The molecule has 0 bridgehead atoms. The lowest BCUT2D eigenvalue weighted by molar-refractivity contribution is -0.167. The lowest BCUT2D eigenvalue weighted by Crippen LogP contribution is -2.30. The first-order valence-corrected chi connectivity index (χ1v) is 7.69. The maximum Gasteiger partial charge on any atom is 0.471 e. The highest BCUT2D eigenvalue weighted by Gasteiger charge is 2.38. The van der Waals surface area contributed by atoms with Crippen LogP contribution in [0.3, 0.4) is 0 Å². The van der Waals surface area contributed by atoms with E-state index in [0.29, 0.717) is 11.1 Å². The minimum atomic E-state index is -4.96. The Kier molecular flexibility index (Phi) is 5.86. The molecule has 138 valence electrons. The summed E-state index contributed by atoms with van der Waals surface area (Å²) in [6, 6.07) is 12.8. The SMILES string of the molecule is CN(C)c1ccc(C(=O)NCc2cccc(NC(=O)C(F)(F)F)c2)cc1. The van der Waals surface area contributed by atoms with Crippen LogP contribution in [-0.2, 0) is 11.3 Å². The van der Waals surface area contributed by atoms with Crippen LogP contribution < -0.4 is 15.5 Å². The summed E-state index contributed by atoms with van der Waals surface area (Å²) < 4.78 is 36.8. The van der Waals surface area contributed by atoms with Gasteiger partial charge in [0.2, 0.25) is 0 Å². The molecule has 2 amide bonds. The van der Waals surface area contributed by atoms with E-state index in [1.807, 2.05) is 31.1 Å². The molecule has 0 aliphatic rings. The second kappa shape index (κ2) is 7.90. The van der Waals surface area contributed by atoms with Gasteiger partial charge in [-0.2, -0.15) is 13.2 Å². The second-order valence-electron chi connectivity index (χ2n) is 5.78. The number of hydrogen-bond donors (Lipinski definition) is 2. The Hall–Kier alpha value is -3.03. The molecule has 0 atom stereocenters. The van der Waals surface area contributed by atoms with Gasteiger partial charge in [-0.1, -0.05) is 12.1 Å². The van der Waals surface area contributed by atoms with E-state index in [0.717, 1.165) is 5.69 Å². The maximum atomic E-state index is 12.3. The summed E-state index contributed by atoms with van der Waals surface area (Å²) in [6.07, 6.45) is -4.96. The molecule has 26 heavy (non-hydrogen) atoms. The van der Waals surface area contributed by atoms with Crippen molar-refractivity contribution < 1.29 is 22.8 Å². The molecular formula is C18H18F3N3O2. The Balaban J connectivity index is 1.97. The van der Waals surface area contributed by atoms with Crippen LogP contribution >= 0.6 is 0 Å². The number of nitrogens with zero attached hydrogens (tertiary/aromatic N) is 1. The Labute approximate surface area is 148 Å². The highest BCUT2D eigenvalue weighted by Crippen LogP contribution is 2.19. The highest BCUT2D eigenvalue weighted by atomic mass is 19.4. The van der Waals surface area contributed by atoms with E-state index in [2.05, 4.69) is 5.32 Å². The van der Waals surface area contributed by atoms with Gasteiger partial charge in [0.15, 0.2) is 0 Å². The molecule has 2 N–H and O–H groups in total. The zero-order valence-electron chi connectivity index (χ0n) is 14.2. The first-order chi connectivity index (χ1) is 12.2. The van der Waals surface area contributed by atoms with Gasteiger partial charge in [-0.25, -0.2) is 0 Å². The van der Waals surface area contributed by atoms with Gasteiger partial charge in [0.25, 0.3) is 5.91 Å². The molecule has 0 heterocycles. The molecule has 8 heteroatoms. The summed E-state index contributed by atoms with van der Waals surface area (Å²) >= 11 is 0. The van der Waals surface area contributed by atoms with Crippen molar-refractivity contribution >= 4 is 23.2 Å². The summed E-state index contributed by atoms with van der Waals surface area (Å²) in [5, 5.41) is 4.46. The number of nitrogens with one attached hydrogen (secondary N) is 2. The lowest BCUT2D eigenvalue weighted by Gasteiger charge is -2.13. The molecule has 0 saturated heterocycles. The summed E-state index contributed by atoms with van der Waals surface area (Å²) in [6.45, 7) is 0.115. The number of benzene rings is 2. The second-order valence-corrected chi connectivity index (χ2v) is 5.78. The van der Waals surface area contributed by atoms with Crippen molar-refractivity contribution in [1.29, 1.82) is 0 Å². The number of rotatable bonds is 5. The van der Waals surface area contributed by atoms with E-state index in [4.69, 9.17) is 0 Å². The minimum absolute atomic E-state index is 0.00871. The number of alkyl halides is 3. The van der Waals surface area contributed by atoms with Gasteiger partial charge in [-0.3, -0.25) is 9.59 Å². The van der Waals surface area contributed by atoms with Gasteiger partial charge in [-0.05, 0) is 42.0 Å². The molecule has 0 aromatic heterocycles. The Morgan fingerprint density at radius 1 is 1.04 bits per heavy atom. The number of amides is 2. The molecular weight excluding hydrogens is 347 g/mol. The Morgan fingerprint density at radius 3 is 2.27 bits per heavy atom. The normalized spacial score (nSPS) is 11.0. The summed E-state index contributed by atoms with van der Waals surface area (Å²) in [7, 11) is 3.78. The van der Waals surface area contributed by atoms with Gasteiger partial charge < -0.3 is 15.5 Å². The predicted molar refractivity (Wildman–Crippen MR) is 93.1 cm³/mol. The third kappa shape index (κ3) is 5.23. The molecule has 2 aromatic carbocycles. The molecule has 0 aliphatic heterocycles. The number of halogens is 3. The fourth-order valence-electron chi connectivity index (χ4n) is 2.16. The molecule has 2 rings (SSSR count). The van der Waals surface area contributed by atoms with Crippen molar-refractivity contribution in [3.63, 3.8) is 0 Å². The molecule has 0 unspecified atom stereocenters. The van der Waals surface area contributed by atoms with E-state index in [-0.39, 0.29) is 18.1 Å². The highest BCUT2D eigenvalue weighted by molar-refractivity contribution is 5.95. The maximum absolute atomic E-state index is 12.3. The van der Waals surface area contributed by atoms with Crippen LogP contribution in [-0.4, -0.2) is 32.1 Å². The van der Waals surface area contributed by atoms with Crippen molar-refractivity contribution in [3.8, 4) is 0 Å². The molecule has 0 saturated carbocycles. The average Bonchev–Trinajstić information content (AvgIpc) is 2.59. The first-order valence-electron chi connectivity index (χ1n) is 7.69. The van der Waals surface area contributed by atoms with E-state index < -0.39 is 12.1 Å². The minimum Gasteiger partial charge on any atom is -0.378 e. The molecule has 0 spiro atoms. The number of carbonyl (C=O) groups is 2. The van der Waals surface area contributed by atoms with Crippen LogP contribution in [0.4, 0.5) is 24.5 Å². The van der Waals surface area contributed by atoms with Gasteiger partial charge in [0, 0.05) is 37.6 Å². The quantitative estimate of drug-likeness (QED) is 0.856. The average molecular weight is 365 g/mol. The zero-order valence-corrected chi connectivity index (χ0v) is 14.2. The number of hydrogen-bond acceptors (Lipinski definition) is 3.